The minimum atomic E-state index is -0.586. The summed E-state index contributed by atoms with van der Waals surface area (Å²) in [6.07, 6.45) is 1.12. The van der Waals surface area contributed by atoms with Gasteiger partial charge < -0.3 is 19.9 Å². The van der Waals surface area contributed by atoms with Crippen LogP contribution < -0.4 is 5.32 Å². The van der Waals surface area contributed by atoms with Crippen LogP contribution in [-0.2, 0) is 16.0 Å². The van der Waals surface area contributed by atoms with E-state index in [0.717, 1.165) is 24.1 Å². The average molecular weight is 386 g/mol. The topological polar surface area (TPSA) is 74.4 Å². The maximum Gasteiger partial charge on any atom is 0.408 e. The van der Waals surface area contributed by atoms with Crippen LogP contribution in [0.5, 0.6) is 0 Å². The highest BCUT2D eigenvalue weighted by Gasteiger charge is 2.33. The van der Waals surface area contributed by atoms with Crippen LogP contribution in [0, 0.1) is 5.92 Å². The van der Waals surface area contributed by atoms with Gasteiger partial charge in [-0.3, -0.25) is 4.79 Å². The van der Waals surface area contributed by atoms with E-state index in [2.05, 4.69) is 42.3 Å². The molecule has 28 heavy (non-hydrogen) atoms. The zero-order valence-corrected chi connectivity index (χ0v) is 17.5. The van der Waals surface area contributed by atoms with Crippen LogP contribution >= 0.6 is 0 Å². The first-order valence-corrected chi connectivity index (χ1v) is 10.0. The van der Waals surface area contributed by atoms with Gasteiger partial charge in [0, 0.05) is 23.1 Å². The lowest BCUT2D eigenvalue weighted by Crippen LogP contribution is -2.46. The molecule has 6 heteroatoms. The van der Waals surface area contributed by atoms with Crippen molar-refractivity contribution >= 4 is 22.9 Å². The van der Waals surface area contributed by atoms with Crippen molar-refractivity contribution in [3.8, 4) is 0 Å². The van der Waals surface area contributed by atoms with Gasteiger partial charge in [-0.2, -0.15) is 0 Å². The van der Waals surface area contributed by atoms with Crippen molar-refractivity contribution in [2.75, 3.05) is 13.1 Å². The van der Waals surface area contributed by atoms with E-state index in [1.54, 1.807) is 20.8 Å². The van der Waals surface area contributed by atoms with E-state index in [9.17, 15) is 9.59 Å². The molecule has 1 aromatic carbocycles. The summed E-state index contributed by atoms with van der Waals surface area (Å²) in [4.78, 5) is 30.3. The smallest absolute Gasteiger partial charge is 0.408 e. The van der Waals surface area contributed by atoms with E-state index in [1.807, 2.05) is 11.0 Å². The Morgan fingerprint density at radius 2 is 2.00 bits per heavy atom. The van der Waals surface area contributed by atoms with Crippen molar-refractivity contribution in [2.24, 2.45) is 5.92 Å². The Labute approximate surface area is 166 Å². The first kappa shape index (κ1) is 20.2. The number of alkyl carbamates (subject to hydrolysis) is 1. The molecule has 0 fully saturated rings. The van der Waals surface area contributed by atoms with Gasteiger partial charge in [0.15, 0.2) is 0 Å². The molecule has 1 aromatic heterocycles. The van der Waals surface area contributed by atoms with Crippen LogP contribution in [0.3, 0.4) is 0 Å². The molecule has 0 spiro atoms. The van der Waals surface area contributed by atoms with E-state index >= 15 is 0 Å². The molecule has 0 radical (unpaired) electrons. The van der Waals surface area contributed by atoms with Gasteiger partial charge in [0.25, 0.3) is 0 Å². The quantitative estimate of drug-likeness (QED) is 0.830. The summed E-state index contributed by atoms with van der Waals surface area (Å²) < 4.78 is 5.24. The number of ether oxygens (including phenoxy) is 1. The summed E-state index contributed by atoms with van der Waals surface area (Å²) in [7, 11) is 0. The average Bonchev–Trinajstić information content (AvgIpc) is 2.97. The van der Waals surface area contributed by atoms with Gasteiger partial charge in [-0.25, -0.2) is 4.79 Å². The number of hydrogen-bond donors (Lipinski definition) is 2. The van der Waals surface area contributed by atoms with E-state index in [4.69, 9.17) is 4.74 Å². The standard InChI is InChI=1S/C22H31N3O3/c1-14(2)12-18-20-16(15-8-6-7-9-17(15)24-20)10-11-25(18)19(26)13-23-21(27)28-22(3,4)5/h6-9,14,18,24H,10-13H2,1-5H3,(H,23,27). The Morgan fingerprint density at radius 1 is 1.29 bits per heavy atom. The fourth-order valence-corrected chi connectivity index (χ4v) is 3.87. The highest BCUT2D eigenvalue weighted by Crippen LogP contribution is 2.37. The Kier molecular flexibility index (Phi) is 5.68. The molecule has 0 bridgehead atoms. The largest absolute Gasteiger partial charge is 0.444 e. The highest BCUT2D eigenvalue weighted by molar-refractivity contribution is 5.87. The van der Waals surface area contributed by atoms with Crippen LogP contribution in [0.15, 0.2) is 24.3 Å². The molecule has 6 nitrogen and oxygen atoms in total. The van der Waals surface area contributed by atoms with E-state index in [0.29, 0.717) is 12.5 Å². The van der Waals surface area contributed by atoms with Crippen LogP contribution in [0.1, 0.15) is 58.3 Å². The SMILES string of the molecule is CC(C)CC1c2[nH]c3ccccc3c2CCN1C(=O)CNC(=O)OC(C)(C)C. The fraction of sp³-hybridized carbons (Fsp3) is 0.545. The van der Waals surface area contributed by atoms with Gasteiger partial charge in [-0.1, -0.05) is 32.0 Å². The molecule has 1 aliphatic heterocycles. The van der Waals surface area contributed by atoms with Crippen LogP contribution in [-0.4, -0.2) is 40.6 Å². The second-order valence-corrected chi connectivity index (χ2v) is 8.90. The number of amides is 2. The van der Waals surface area contributed by atoms with E-state index in [-0.39, 0.29) is 18.5 Å². The molecule has 0 aliphatic carbocycles. The first-order valence-electron chi connectivity index (χ1n) is 10.0. The molecule has 2 heterocycles. The molecule has 1 aliphatic rings. The molecule has 2 N–H and O–H groups in total. The second-order valence-electron chi connectivity index (χ2n) is 8.90. The maximum atomic E-state index is 12.9. The Morgan fingerprint density at radius 3 is 2.68 bits per heavy atom. The number of H-pyrrole nitrogens is 1. The molecule has 2 aromatic rings. The molecular weight excluding hydrogens is 354 g/mol. The summed E-state index contributed by atoms with van der Waals surface area (Å²) in [5.74, 6) is 0.359. The van der Waals surface area contributed by atoms with E-state index in [1.165, 1.54) is 10.9 Å². The van der Waals surface area contributed by atoms with Crippen LogP contribution in [0.2, 0.25) is 0 Å². The number of aromatic amines is 1. The number of para-hydroxylation sites is 1. The summed E-state index contributed by atoms with van der Waals surface area (Å²) in [5, 5.41) is 3.84. The van der Waals surface area contributed by atoms with Crippen molar-refractivity contribution in [3.05, 3.63) is 35.5 Å². The predicted octanol–water partition coefficient (Wildman–Crippen LogP) is 4.16. The lowest BCUT2D eigenvalue weighted by molar-refractivity contribution is -0.133. The summed E-state index contributed by atoms with van der Waals surface area (Å²) in [6.45, 7) is 10.3. The predicted molar refractivity (Wildman–Crippen MR) is 110 cm³/mol. The number of nitrogens with one attached hydrogen (secondary N) is 2. The number of carbonyl (C=O) groups is 2. The minimum absolute atomic E-state index is 0.0101. The number of aromatic nitrogens is 1. The maximum absolute atomic E-state index is 12.9. The normalized spacial score (nSPS) is 16.9. The third kappa shape index (κ3) is 4.49. The van der Waals surface area contributed by atoms with Crippen molar-refractivity contribution in [3.63, 3.8) is 0 Å². The molecular formula is C22H31N3O3. The van der Waals surface area contributed by atoms with Gasteiger partial charge in [0.05, 0.1) is 6.04 Å². The zero-order chi connectivity index (χ0) is 20.5. The number of nitrogens with zero attached hydrogens (tertiary/aromatic N) is 1. The lowest BCUT2D eigenvalue weighted by Gasteiger charge is -2.37. The summed E-state index contributed by atoms with van der Waals surface area (Å²) >= 11 is 0. The second kappa shape index (κ2) is 7.86. The van der Waals surface area contributed by atoms with Gasteiger partial charge in [0.1, 0.15) is 12.1 Å². The number of rotatable bonds is 4. The van der Waals surface area contributed by atoms with Gasteiger partial charge in [0.2, 0.25) is 5.91 Å². The van der Waals surface area contributed by atoms with Crippen molar-refractivity contribution in [1.82, 2.24) is 15.2 Å². The Hall–Kier alpha value is -2.50. The molecule has 1 unspecified atom stereocenters. The number of fused-ring (bicyclic) bond motifs is 3. The third-order valence-corrected chi connectivity index (χ3v) is 4.96. The molecule has 3 rings (SSSR count). The molecule has 0 saturated heterocycles. The molecule has 0 saturated carbocycles. The summed E-state index contributed by atoms with van der Waals surface area (Å²) in [6, 6.07) is 8.28. The van der Waals surface area contributed by atoms with E-state index < -0.39 is 11.7 Å². The van der Waals surface area contributed by atoms with Gasteiger partial charge in [-0.05, 0) is 51.2 Å². The van der Waals surface area contributed by atoms with Crippen molar-refractivity contribution < 1.29 is 14.3 Å². The van der Waals surface area contributed by atoms with Crippen LogP contribution in [0.25, 0.3) is 10.9 Å². The zero-order valence-electron chi connectivity index (χ0n) is 17.5. The fourth-order valence-electron chi connectivity index (χ4n) is 3.87. The summed E-state index contributed by atoms with van der Waals surface area (Å²) in [5.41, 5.74) is 2.97. The first-order chi connectivity index (χ1) is 13.2. The molecule has 1 atom stereocenters. The highest BCUT2D eigenvalue weighted by atomic mass is 16.6. The molecule has 152 valence electrons. The third-order valence-electron chi connectivity index (χ3n) is 4.96. The van der Waals surface area contributed by atoms with Crippen molar-refractivity contribution in [1.29, 1.82) is 0 Å². The number of benzene rings is 1. The number of carbonyl (C=O) groups excluding carboxylic acids is 2. The molecule has 2 amide bonds. The lowest BCUT2D eigenvalue weighted by atomic mass is 9.91. The van der Waals surface area contributed by atoms with Gasteiger partial charge in [-0.15, -0.1) is 0 Å². The van der Waals surface area contributed by atoms with Gasteiger partial charge >= 0.3 is 6.09 Å². The van der Waals surface area contributed by atoms with Crippen LogP contribution in [0.4, 0.5) is 4.79 Å². The van der Waals surface area contributed by atoms with Crippen molar-refractivity contribution in [2.45, 2.75) is 59.1 Å². The monoisotopic (exact) mass is 385 g/mol. The minimum Gasteiger partial charge on any atom is -0.444 e. The number of hydrogen-bond acceptors (Lipinski definition) is 3. The Bertz CT molecular complexity index is 864. The Balaban J connectivity index is 1.78.